The normalized spacial score (nSPS) is 10.8. The molecule has 0 radical (unpaired) electrons. The van der Waals surface area contributed by atoms with Crippen molar-refractivity contribution in [2.45, 2.75) is 0 Å². The summed E-state index contributed by atoms with van der Waals surface area (Å²) in [7, 11) is 1.68. The Labute approximate surface area is 93.1 Å². The maximum atomic E-state index is 5.24. The zero-order valence-electron chi connectivity index (χ0n) is 8.95. The minimum absolute atomic E-state index is 0.875. The summed E-state index contributed by atoms with van der Waals surface area (Å²) in [5, 5.41) is 1.17. The van der Waals surface area contributed by atoms with Gasteiger partial charge in [0, 0.05) is 34.6 Å². The number of hydrogen-bond acceptors (Lipinski definition) is 1. The first-order chi connectivity index (χ1) is 7.88. The number of ether oxygens (including phenoxy) is 1. The van der Waals surface area contributed by atoms with Crippen molar-refractivity contribution >= 4 is 10.9 Å². The highest BCUT2D eigenvalue weighted by Crippen LogP contribution is 2.29. The molecule has 2 aromatic heterocycles. The van der Waals surface area contributed by atoms with Crippen LogP contribution < -0.4 is 4.74 Å². The van der Waals surface area contributed by atoms with Crippen LogP contribution >= 0.6 is 0 Å². The smallest absolute Gasteiger partial charge is 0.119 e. The predicted molar refractivity (Wildman–Crippen MR) is 64.6 cm³/mol. The highest BCUT2D eigenvalue weighted by molar-refractivity contribution is 5.95. The summed E-state index contributed by atoms with van der Waals surface area (Å²) < 4.78 is 5.24. The number of aromatic nitrogens is 2. The van der Waals surface area contributed by atoms with E-state index in [2.05, 4.69) is 16.0 Å². The van der Waals surface area contributed by atoms with E-state index in [0.29, 0.717) is 0 Å². The first-order valence-electron chi connectivity index (χ1n) is 5.17. The molecule has 16 heavy (non-hydrogen) atoms. The van der Waals surface area contributed by atoms with Crippen LogP contribution in [0.5, 0.6) is 5.75 Å². The quantitative estimate of drug-likeness (QED) is 0.673. The van der Waals surface area contributed by atoms with Gasteiger partial charge in [0.2, 0.25) is 0 Å². The minimum atomic E-state index is 0.875. The van der Waals surface area contributed by atoms with Crippen LogP contribution in [0.1, 0.15) is 0 Å². The van der Waals surface area contributed by atoms with Gasteiger partial charge in [-0.3, -0.25) is 0 Å². The summed E-state index contributed by atoms with van der Waals surface area (Å²) in [4.78, 5) is 6.46. The van der Waals surface area contributed by atoms with E-state index in [9.17, 15) is 0 Å². The third kappa shape index (κ3) is 1.29. The molecular formula is C13H12N2O. The van der Waals surface area contributed by atoms with E-state index >= 15 is 0 Å². The fourth-order valence-corrected chi connectivity index (χ4v) is 1.95. The average Bonchev–Trinajstić information content (AvgIpc) is 2.96. The van der Waals surface area contributed by atoms with Gasteiger partial charge in [-0.2, -0.15) is 0 Å². The molecule has 3 rings (SSSR count). The Morgan fingerprint density at radius 1 is 1.12 bits per heavy atom. The third-order valence-corrected chi connectivity index (χ3v) is 2.78. The van der Waals surface area contributed by atoms with Gasteiger partial charge in [0.25, 0.3) is 0 Å². The fourth-order valence-electron chi connectivity index (χ4n) is 1.95. The molecule has 0 aliphatic heterocycles. The fraction of sp³-hybridized carbons (Fsp3) is 0.0769. The number of methoxy groups -OCH3 is 1. The lowest BCUT2D eigenvalue weighted by molar-refractivity contribution is 0.415. The molecule has 0 amide bonds. The molecule has 0 bridgehead atoms. The predicted octanol–water partition coefficient (Wildman–Crippen LogP) is 3.17. The second-order valence-corrected chi connectivity index (χ2v) is 3.70. The van der Waals surface area contributed by atoms with Crippen molar-refractivity contribution in [3.8, 4) is 17.0 Å². The lowest BCUT2D eigenvalue weighted by Gasteiger charge is -2.00. The number of fused-ring (bicyclic) bond motifs is 1. The van der Waals surface area contributed by atoms with Crippen molar-refractivity contribution in [1.82, 2.24) is 9.97 Å². The molecule has 3 nitrogen and oxygen atoms in total. The van der Waals surface area contributed by atoms with Crippen LogP contribution in [-0.4, -0.2) is 17.1 Å². The number of rotatable bonds is 2. The first kappa shape index (κ1) is 9.09. The topological polar surface area (TPSA) is 40.8 Å². The maximum absolute atomic E-state index is 5.24. The Morgan fingerprint density at radius 3 is 2.81 bits per heavy atom. The van der Waals surface area contributed by atoms with Crippen LogP contribution in [0.3, 0.4) is 0 Å². The van der Waals surface area contributed by atoms with E-state index in [0.717, 1.165) is 17.0 Å². The number of benzene rings is 1. The van der Waals surface area contributed by atoms with E-state index in [1.54, 1.807) is 7.11 Å². The molecule has 3 heteroatoms. The van der Waals surface area contributed by atoms with Crippen molar-refractivity contribution < 1.29 is 4.74 Å². The van der Waals surface area contributed by atoms with Gasteiger partial charge in [-0.1, -0.05) is 0 Å². The molecule has 0 fully saturated rings. The largest absolute Gasteiger partial charge is 0.497 e. The number of H-pyrrole nitrogens is 2. The zero-order valence-corrected chi connectivity index (χ0v) is 8.95. The number of aromatic amines is 2. The summed E-state index contributed by atoms with van der Waals surface area (Å²) >= 11 is 0. The molecule has 1 aromatic carbocycles. The van der Waals surface area contributed by atoms with Gasteiger partial charge in [0.1, 0.15) is 5.75 Å². The molecular weight excluding hydrogens is 200 g/mol. The van der Waals surface area contributed by atoms with Crippen molar-refractivity contribution in [2.24, 2.45) is 0 Å². The van der Waals surface area contributed by atoms with E-state index in [1.807, 2.05) is 36.7 Å². The van der Waals surface area contributed by atoms with Gasteiger partial charge in [-0.25, -0.2) is 0 Å². The van der Waals surface area contributed by atoms with Crippen LogP contribution in [0.4, 0.5) is 0 Å². The molecule has 0 aliphatic carbocycles. The Balaban J connectivity index is 2.25. The summed E-state index contributed by atoms with van der Waals surface area (Å²) in [6.07, 6.45) is 3.93. The van der Waals surface area contributed by atoms with Gasteiger partial charge in [-0.05, 0) is 30.3 Å². The van der Waals surface area contributed by atoms with Gasteiger partial charge < -0.3 is 14.7 Å². The Kier molecular flexibility index (Phi) is 1.96. The summed E-state index contributed by atoms with van der Waals surface area (Å²) in [5.74, 6) is 0.875. The van der Waals surface area contributed by atoms with Crippen molar-refractivity contribution in [3.05, 3.63) is 42.7 Å². The molecule has 0 aliphatic rings. The molecule has 0 atom stereocenters. The summed E-state index contributed by atoms with van der Waals surface area (Å²) in [6, 6.07) is 10.1. The molecule has 3 aromatic rings. The molecule has 80 valence electrons. The molecule has 0 saturated carbocycles. The third-order valence-electron chi connectivity index (χ3n) is 2.78. The van der Waals surface area contributed by atoms with Crippen molar-refractivity contribution in [2.75, 3.05) is 7.11 Å². The first-order valence-corrected chi connectivity index (χ1v) is 5.17. The van der Waals surface area contributed by atoms with Gasteiger partial charge in [0.15, 0.2) is 0 Å². The molecule has 0 spiro atoms. The van der Waals surface area contributed by atoms with E-state index in [-0.39, 0.29) is 0 Å². The highest BCUT2D eigenvalue weighted by Gasteiger charge is 2.07. The average molecular weight is 212 g/mol. The van der Waals surface area contributed by atoms with Gasteiger partial charge in [-0.15, -0.1) is 0 Å². The summed E-state index contributed by atoms with van der Waals surface area (Å²) in [6.45, 7) is 0. The van der Waals surface area contributed by atoms with E-state index < -0.39 is 0 Å². The summed E-state index contributed by atoms with van der Waals surface area (Å²) in [5.41, 5.74) is 3.39. The SMILES string of the molecule is COc1ccc2[nH]cc(-c3ccc[nH]3)c2c1. The van der Waals surface area contributed by atoms with Crippen LogP contribution in [0.15, 0.2) is 42.7 Å². The Hall–Kier alpha value is -2.16. The Bertz CT molecular complexity index is 608. The van der Waals surface area contributed by atoms with Crippen molar-refractivity contribution in [3.63, 3.8) is 0 Å². The van der Waals surface area contributed by atoms with Gasteiger partial charge in [0.05, 0.1) is 7.11 Å². The minimum Gasteiger partial charge on any atom is -0.497 e. The van der Waals surface area contributed by atoms with Crippen LogP contribution in [-0.2, 0) is 0 Å². The van der Waals surface area contributed by atoms with Crippen LogP contribution in [0.2, 0.25) is 0 Å². The standard InChI is InChI=1S/C13H12N2O/c1-16-9-4-5-13-10(7-9)11(8-15-13)12-3-2-6-14-12/h2-8,14-15H,1H3. The Morgan fingerprint density at radius 2 is 2.06 bits per heavy atom. The van der Waals surface area contributed by atoms with E-state index in [4.69, 9.17) is 4.74 Å². The van der Waals surface area contributed by atoms with Gasteiger partial charge >= 0.3 is 0 Å². The lowest BCUT2D eigenvalue weighted by atomic mass is 10.1. The second kappa shape index (κ2) is 3.45. The molecule has 2 heterocycles. The van der Waals surface area contributed by atoms with Crippen LogP contribution in [0, 0.1) is 0 Å². The number of nitrogens with one attached hydrogen (secondary N) is 2. The van der Waals surface area contributed by atoms with E-state index in [1.165, 1.54) is 10.9 Å². The highest BCUT2D eigenvalue weighted by atomic mass is 16.5. The monoisotopic (exact) mass is 212 g/mol. The maximum Gasteiger partial charge on any atom is 0.119 e. The second-order valence-electron chi connectivity index (χ2n) is 3.70. The van der Waals surface area contributed by atoms with Crippen molar-refractivity contribution in [1.29, 1.82) is 0 Å². The molecule has 2 N–H and O–H groups in total. The molecule has 0 unspecified atom stereocenters. The zero-order chi connectivity index (χ0) is 11.0. The lowest BCUT2D eigenvalue weighted by Crippen LogP contribution is -1.81. The molecule has 0 saturated heterocycles. The number of hydrogen-bond donors (Lipinski definition) is 2. The van der Waals surface area contributed by atoms with Crippen LogP contribution in [0.25, 0.3) is 22.2 Å².